The lowest BCUT2D eigenvalue weighted by molar-refractivity contribution is 0.571. The van der Waals surface area contributed by atoms with Crippen LogP contribution in [0.5, 0.6) is 0 Å². The Kier molecular flexibility index (Phi) is 4.71. The van der Waals surface area contributed by atoms with Gasteiger partial charge >= 0.3 is 0 Å². The minimum absolute atomic E-state index is 0.135. The molecule has 0 bridgehead atoms. The molecule has 0 amide bonds. The van der Waals surface area contributed by atoms with Gasteiger partial charge < -0.3 is 5.32 Å². The third-order valence-corrected chi connectivity index (χ3v) is 5.32. The maximum atomic E-state index is 13.5. The molecule has 2 aromatic rings. The van der Waals surface area contributed by atoms with Crippen molar-refractivity contribution in [2.24, 2.45) is 0 Å². The summed E-state index contributed by atoms with van der Waals surface area (Å²) in [5.41, 5.74) is 1.11. The topological polar surface area (TPSA) is 12.0 Å². The second kappa shape index (κ2) is 6.71. The van der Waals surface area contributed by atoms with E-state index in [0.29, 0.717) is 12.0 Å². The highest BCUT2D eigenvalue weighted by molar-refractivity contribution is 7.11. The Hall–Kier alpha value is -1.19. The average molecular weight is 303 g/mol. The maximum absolute atomic E-state index is 13.5. The predicted octanol–water partition coefficient (Wildman–Crippen LogP) is 4.53. The molecule has 0 aliphatic heterocycles. The van der Waals surface area contributed by atoms with Gasteiger partial charge in [0.15, 0.2) is 0 Å². The van der Waals surface area contributed by atoms with Gasteiger partial charge in [-0.1, -0.05) is 19.1 Å². The van der Waals surface area contributed by atoms with Gasteiger partial charge in [-0.15, -0.1) is 11.3 Å². The van der Waals surface area contributed by atoms with Crippen LogP contribution in [0.4, 0.5) is 4.39 Å². The highest BCUT2D eigenvalue weighted by Crippen LogP contribution is 2.27. The first kappa shape index (κ1) is 14.7. The summed E-state index contributed by atoms with van der Waals surface area (Å²) < 4.78 is 13.5. The van der Waals surface area contributed by atoms with Gasteiger partial charge in [0.25, 0.3) is 0 Å². The number of aryl methyl sites for hydroxylation is 1. The van der Waals surface area contributed by atoms with E-state index in [4.69, 9.17) is 0 Å². The lowest BCUT2D eigenvalue weighted by atomic mass is 9.94. The molecule has 1 aromatic carbocycles. The molecule has 3 heteroatoms. The smallest absolute Gasteiger partial charge is 0.123 e. The van der Waals surface area contributed by atoms with E-state index in [2.05, 4.69) is 30.4 Å². The van der Waals surface area contributed by atoms with Gasteiger partial charge in [0.2, 0.25) is 0 Å². The molecular weight excluding hydrogens is 281 g/mol. The SMILES string of the molecule is CCc1ccc(CC(CNC2CC2)c2cccc(F)c2)s1. The maximum Gasteiger partial charge on any atom is 0.123 e. The van der Waals surface area contributed by atoms with Crippen molar-refractivity contribution >= 4 is 11.3 Å². The summed E-state index contributed by atoms with van der Waals surface area (Å²) in [6.07, 6.45) is 4.66. The van der Waals surface area contributed by atoms with E-state index in [1.807, 2.05) is 17.4 Å². The van der Waals surface area contributed by atoms with Gasteiger partial charge in [-0.05, 0) is 55.5 Å². The Morgan fingerprint density at radius 2 is 2.05 bits per heavy atom. The van der Waals surface area contributed by atoms with Gasteiger partial charge in [0.1, 0.15) is 5.82 Å². The first-order valence-electron chi connectivity index (χ1n) is 7.81. The second-order valence-corrected chi connectivity index (χ2v) is 7.11. The fourth-order valence-electron chi connectivity index (χ4n) is 2.63. The van der Waals surface area contributed by atoms with Crippen molar-refractivity contribution in [1.82, 2.24) is 5.32 Å². The van der Waals surface area contributed by atoms with Crippen LogP contribution in [-0.4, -0.2) is 12.6 Å². The molecule has 3 rings (SSSR count). The second-order valence-electron chi connectivity index (χ2n) is 5.86. The van der Waals surface area contributed by atoms with Crippen molar-refractivity contribution in [1.29, 1.82) is 0 Å². The summed E-state index contributed by atoms with van der Waals surface area (Å²) in [5.74, 6) is 0.217. The molecule has 0 radical (unpaired) electrons. The molecule has 1 heterocycles. The average Bonchev–Trinajstić information content (AvgIpc) is 3.21. The Labute approximate surface area is 130 Å². The van der Waals surface area contributed by atoms with E-state index in [1.54, 1.807) is 6.07 Å². The molecule has 112 valence electrons. The van der Waals surface area contributed by atoms with Gasteiger partial charge in [-0.25, -0.2) is 4.39 Å². The zero-order valence-electron chi connectivity index (χ0n) is 12.4. The van der Waals surface area contributed by atoms with Gasteiger partial charge in [0, 0.05) is 28.3 Å². The number of benzene rings is 1. The highest BCUT2D eigenvalue weighted by atomic mass is 32.1. The van der Waals surface area contributed by atoms with E-state index in [9.17, 15) is 4.39 Å². The molecule has 1 aliphatic carbocycles. The van der Waals surface area contributed by atoms with Gasteiger partial charge in [-0.3, -0.25) is 0 Å². The fraction of sp³-hybridized carbons (Fsp3) is 0.444. The molecule has 1 saturated carbocycles. The number of thiophene rings is 1. The molecule has 1 aliphatic rings. The Morgan fingerprint density at radius 1 is 1.24 bits per heavy atom. The van der Waals surface area contributed by atoms with E-state index in [-0.39, 0.29) is 5.82 Å². The summed E-state index contributed by atoms with van der Waals surface area (Å²) in [6.45, 7) is 3.13. The van der Waals surface area contributed by atoms with Crippen LogP contribution in [0.25, 0.3) is 0 Å². The normalized spacial score (nSPS) is 16.1. The van der Waals surface area contributed by atoms with Crippen LogP contribution in [0, 0.1) is 5.82 Å². The largest absolute Gasteiger partial charge is 0.313 e. The molecule has 0 saturated heterocycles. The van der Waals surface area contributed by atoms with Crippen LogP contribution >= 0.6 is 11.3 Å². The van der Waals surface area contributed by atoms with Crippen molar-refractivity contribution < 1.29 is 4.39 Å². The van der Waals surface area contributed by atoms with Crippen LogP contribution in [0.2, 0.25) is 0 Å². The lowest BCUT2D eigenvalue weighted by Crippen LogP contribution is -2.24. The van der Waals surface area contributed by atoms with Gasteiger partial charge in [-0.2, -0.15) is 0 Å². The number of hydrogen-bond acceptors (Lipinski definition) is 2. The zero-order valence-corrected chi connectivity index (χ0v) is 13.3. The third kappa shape index (κ3) is 4.14. The van der Waals surface area contributed by atoms with Crippen LogP contribution in [0.1, 0.15) is 41.0 Å². The lowest BCUT2D eigenvalue weighted by Gasteiger charge is -2.17. The highest BCUT2D eigenvalue weighted by Gasteiger charge is 2.23. The Bertz CT molecular complexity index is 588. The number of nitrogens with one attached hydrogen (secondary N) is 1. The van der Waals surface area contributed by atoms with Crippen molar-refractivity contribution in [2.45, 2.75) is 44.6 Å². The summed E-state index contributed by atoms with van der Waals surface area (Å²) >= 11 is 1.89. The monoisotopic (exact) mass is 303 g/mol. The van der Waals surface area contributed by atoms with Crippen molar-refractivity contribution in [3.63, 3.8) is 0 Å². The van der Waals surface area contributed by atoms with Crippen LogP contribution in [0.3, 0.4) is 0 Å². The molecule has 21 heavy (non-hydrogen) atoms. The summed E-state index contributed by atoms with van der Waals surface area (Å²) in [4.78, 5) is 2.83. The molecule has 1 unspecified atom stereocenters. The van der Waals surface area contributed by atoms with Crippen LogP contribution < -0.4 is 5.32 Å². The minimum Gasteiger partial charge on any atom is -0.313 e. The number of rotatable bonds is 7. The van der Waals surface area contributed by atoms with Crippen LogP contribution in [-0.2, 0) is 12.8 Å². The quantitative estimate of drug-likeness (QED) is 0.792. The van der Waals surface area contributed by atoms with E-state index < -0.39 is 0 Å². The molecule has 0 spiro atoms. The van der Waals surface area contributed by atoms with E-state index in [0.717, 1.165) is 24.9 Å². The van der Waals surface area contributed by atoms with E-state index in [1.165, 1.54) is 28.7 Å². The van der Waals surface area contributed by atoms with Gasteiger partial charge in [0.05, 0.1) is 0 Å². The fourth-order valence-corrected chi connectivity index (χ4v) is 3.67. The molecule has 1 N–H and O–H groups in total. The summed E-state index contributed by atoms with van der Waals surface area (Å²) in [5, 5.41) is 3.60. The predicted molar refractivity (Wildman–Crippen MR) is 87.6 cm³/mol. The summed E-state index contributed by atoms with van der Waals surface area (Å²) in [6, 6.07) is 12.2. The molecular formula is C18H22FNS. The first-order chi connectivity index (χ1) is 10.2. The Morgan fingerprint density at radius 3 is 2.71 bits per heavy atom. The zero-order chi connectivity index (χ0) is 14.7. The van der Waals surface area contributed by atoms with E-state index >= 15 is 0 Å². The molecule has 1 atom stereocenters. The van der Waals surface area contributed by atoms with Crippen molar-refractivity contribution in [3.8, 4) is 0 Å². The van der Waals surface area contributed by atoms with Crippen molar-refractivity contribution in [3.05, 3.63) is 57.5 Å². The molecule has 1 fully saturated rings. The van der Waals surface area contributed by atoms with Crippen molar-refractivity contribution in [2.75, 3.05) is 6.54 Å². The molecule has 1 nitrogen and oxygen atoms in total. The minimum atomic E-state index is -0.135. The number of halogens is 1. The Balaban J connectivity index is 1.73. The third-order valence-electron chi connectivity index (χ3n) is 4.06. The first-order valence-corrected chi connectivity index (χ1v) is 8.62. The summed E-state index contributed by atoms with van der Waals surface area (Å²) in [7, 11) is 0. The molecule has 1 aromatic heterocycles. The standard InChI is InChI=1S/C18H22FNS/c1-2-17-8-9-18(21-17)11-14(12-20-16-6-7-16)13-4-3-5-15(19)10-13/h3-5,8-10,14,16,20H,2,6-7,11-12H2,1H3. The number of hydrogen-bond donors (Lipinski definition) is 1. The van der Waals surface area contributed by atoms with Crippen LogP contribution in [0.15, 0.2) is 36.4 Å².